The van der Waals surface area contributed by atoms with Crippen molar-refractivity contribution in [2.75, 3.05) is 0 Å². The van der Waals surface area contributed by atoms with Crippen LogP contribution in [0.2, 0.25) is 0 Å². The van der Waals surface area contributed by atoms with E-state index in [1.165, 1.54) is 6.92 Å². The number of benzene rings is 2. The van der Waals surface area contributed by atoms with Crippen LogP contribution in [0, 0.1) is 5.82 Å². The number of nitrogens with one attached hydrogen (secondary N) is 2. The molecule has 1 aromatic heterocycles. The van der Waals surface area contributed by atoms with E-state index in [1.54, 1.807) is 18.3 Å². The number of nitrogens with zero attached hydrogens (tertiary/aromatic N) is 2. The van der Waals surface area contributed by atoms with Crippen LogP contribution in [0.3, 0.4) is 0 Å². The number of hydrogen-bond acceptors (Lipinski definition) is 4. The second-order valence-electron chi connectivity index (χ2n) is 7.10. The Morgan fingerprint density at radius 3 is 2.81 bits per heavy atom. The monoisotopic (exact) mass is 436 g/mol. The van der Waals surface area contributed by atoms with Crippen molar-refractivity contribution in [1.29, 1.82) is 0 Å². The number of para-hydroxylation sites is 1. The van der Waals surface area contributed by atoms with Crippen LogP contribution in [0.15, 0.2) is 42.6 Å². The maximum atomic E-state index is 13.8. The molecule has 2 N–H and O–H groups in total. The number of ether oxygens (including phenoxy) is 1. The molecule has 2 heterocycles. The van der Waals surface area contributed by atoms with E-state index in [4.69, 9.17) is 4.74 Å². The lowest BCUT2D eigenvalue weighted by Crippen LogP contribution is -2.44. The van der Waals surface area contributed by atoms with Gasteiger partial charge in [0, 0.05) is 11.9 Å². The minimum Gasteiger partial charge on any atom is -0.439 e. The first-order valence-electron chi connectivity index (χ1n) is 9.21. The maximum absolute atomic E-state index is 13.8. The lowest BCUT2D eigenvalue weighted by atomic mass is 10.0. The topological polar surface area (TPSA) is 87.3 Å². The Morgan fingerprint density at radius 1 is 1.29 bits per heavy atom. The molecule has 0 spiro atoms. The van der Waals surface area contributed by atoms with Gasteiger partial charge in [-0.1, -0.05) is 18.2 Å². The Balaban J connectivity index is 1.52. The Kier molecular flexibility index (Phi) is 5.03. The first-order chi connectivity index (χ1) is 14.6. The molecule has 7 nitrogen and oxygen atoms in total. The predicted molar refractivity (Wildman–Crippen MR) is 100 cm³/mol. The molecular weight excluding hydrogens is 420 g/mol. The molecule has 0 aliphatic carbocycles. The second kappa shape index (κ2) is 7.56. The van der Waals surface area contributed by atoms with E-state index in [9.17, 15) is 27.2 Å². The van der Waals surface area contributed by atoms with E-state index in [0.717, 1.165) is 27.4 Å². The third-order valence-electron chi connectivity index (χ3n) is 5.06. The van der Waals surface area contributed by atoms with Gasteiger partial charge >= 0.3 is 18.3 Å². The van der Waals surface area contributed by atoms with Crippen LogP contribution in [0.25, 0.3) is 10.9 Å². The van der Waals surface area contributed by atoms with Crippen LogP contribution in [-0.4, -0.2) is 33.3 Å². The van der Waals surface area contributed by atoms with Crippen molar-refractivity contribution in [1.82, 2.24) is 20.4 Å². The summed E-state index contributed by atoms with van der Waals surface area (Å²) in [6, 6.07) is 5.55. The molecule has 4 rings (SSSR count). The Morgan fingerprint density at radius 2 is 2.06 bits per heavy atom. The SMILES string of the molecule is C[C@H]1[C@@H](c2cc(F)cc(C(F)(F)F)c2)OC(=O)N1C(=O)NCc1cccc2cn[nH]c12. The fraction of sp³-hybridized carbons (Fsp3) is 0.250. The van der Waals surface area contributed by atoms with E-state index >= 15 is 0 Å². The summed E-state index contributed by atoms with van der Waals surface area (Å²) in [5, 5.41) is 10.2. The molecule has 1 aliphatic rings. The number of cyclic esters (lactones) is 1. The van der Waals surface area contributed by atoms with Gasteiger partial charge in [-0.25, -0.2) is 18.9 Å². The van der Waals surface area contributed by atoms with Gasteiger partial charge in [-0.15, -0.1) is 0 Å². The zero-order valence-corrected chi connectivity index (χ0v) is 16.0. The Labute approximate surface area is 173 Å². The molecule has 0 saturated carbocycles. The van der Waals surface area contributed by atoms with E-state index < -0.39 is 41.8 Å². The number of alkyl halides is 3. The Bertz CT molecular complexity index is 1160. The average Bonchev–Trinajstić information content (AvgIpc) is 3.29. The quantitative estimate of drug-likeness (QED) is 0.592. The molecule has 162 valence electrons. The molecule has 0 unspecified atom stereocenters. The fourth-order valence-electron chi connectivity index (χ4n) is 3.55. The van der Waals surface area contributed by atoms with Crippen molar-refractivity contribution in [3.63, 3.8) is 0 Å². The van der Waals surface area contributed by atoms with E-state index in [1.807, 2.05) is 6.07 Å². The number of fused-ring (bicyclic) bond motifs is 1. The number of carbonyl (C=O) groups is 2. The van der Waals surface area contributed by atoms with Gasteiger partial charge in [-0.3, -0.25) is 5.10 Å². The number of H-pyrrole nitrogens is 1. The zero-order chi connectivity index (χ0) is 22.3. The second-order valence-corrected chi connectivity index (χ2v) is 7.10. The minimum atomic E-state index is -4.77. The number of hydrogen-bond donors (Lipinski definition) is 2. The summed E-state index contributed by atoms with van der Waals surface area (Å²) in [6.07, 6.45) is -5.43. The summed E-state index contributed by atoms with van der Waals surface area (Å²) >= 11 is 0. The van der Waals surface area contributed by atoms with Crippen molar-refractivity contribution in [2.24, 2.45) is 0 Å². The molecule has 31 heavy (non-hydrogen) atoms. The summed E-state index contributed by atoms with van der Waals surface area (Å²) < 4.78 is 57.9. The number of aromatic nitrogens is 2. The predicted octanol–water partition coefficient (Wildman–Crippen LogP) is 4.51. The van der Waals surface area contributed by atoms with Crippen LogP contribution < -0.4 is 5.32 Å². The lowest BCUT2D eigenvalue weighted by molar-refractivity contribution is -0.137. The number of rotatable bonds is 3. The average molecular weight is 436 g/mol. The van der Waals surface area contributed by atoms with Crippen molar-refractivity contribution in [3.8, 4) is 0 Å². The number of amides is 3. The number of halogens is 4. The van der Waals surface area contributed by atoms with Gasteiger partial charge in [0.2, 0.25) is 0 Å². The van der Waals surface area contributed by atoms with Gasteiger partial charge in [0.1, 0.15) is 11.9 Å². The lowest BCUT2D eigenvalue weighted by Gasteiger charge is -2.20. The molecule has 3 aromatic rings. The van der Waals surface area contributed by atoms with Crippen molar-refractivity contribution in [2.45, 2.75) is 31.8 Å². The highest BCUT2D eigenvalue weighted by molar-refractivity contribution is 5.93. The first kappa shape index (κ1) is 20.6. The number of imide groups is 1. The third kappa shape index (κ3) is 3.90. The molecule has 1 aliphatic heterocycles. The fourth-order valence-corrected chi connectivity index (χ4v) is 3.55. The summed E-state index contributed by atoms with van der Waals surface area (Å²) in [4.78, 5) is 25.6. The van der Waals surface area contributed by atoms with Crippen LogP contribution in [-0.2, 0) is 17.5 Å². The van der Waals surface area contributed by atoms with Crippen molar-refractivity contribution in [3.05, 3.63) is 65.1 Å². The molecule has 1 saturated heterocycles. The highest BCUT2D eigenvalue weighted by Crippen LogP contribution is 2.37. The summed E-state index contributed by atoms with van der Waals surface area (Å²) in [5.41, 5.74) is 0.0456. The summed E-state index contributed by atoms with van der Waals surface area (Å²) in [7, 11) is 0. The standard InChI is InChI=1S/C20H16F4N4O3/c1-10-17(13-5-14(20(22,23)24)7-15(21)6-13)31-19(30)28(10)18(29)25-8-11-3-2-4-12-9-26-27-16(11)12/h2-7,9-10,17H,8H2,1H3,(H,25,29)(H,26,27)/t10-,17-/m0/s1. The van der Waals surface area contributed by atoms with Crippen LogP contribution in [0.4, 0.5) is 27.2 Å². The van der Waals surface area contributed by atoms with Gasteiger partial charge in [-0.2, -0.15) is 18.3 Å². The van der Waals surface area contributed by atoms with Gasteiger partial charge in [0.25, 0.3) is 0 Å². The molecule has 2 aromatic carbocycles. The number of aromatic amines is 1. The van der Waals surface area contributed by atoms with Crippen LogP contribution in [0.5, 0.6) is 0 Å². The molecule has 3 amide bonds. The molecule has 11 heteroatoms. The van der Waals surface area contributed by atoms with Gasteiger partial charge in [-0.05, 0) is 36.2 Å². The molecule has 0 bridgehead atoms. The number of carbonyl (C=O) groups excluding carboxylic acids is 2. The molecule has 2 atom stereocenters. The van der Waals surface area contributed by atoms with Crippen molar-refractivity contribution >= 4 is 23.0 Å². The van der Waals surface area contributed by atoms with Crippen LogP contribution >= 0.6 is 0 Å². The molecule has 1 fully saturated rings. The largest absolute Gasteiger partial charge is 0.439 e. The molecular formula is C20H16F4N4O3. The highest BCUT2D eigenvalue weighted by Gasteiger charge is 2.44. The van der Waals surface area contributed by atoms with Crippen LogP contribution in [0.1, 0.15) is 29.7 Å². The Hall–Kier alpha value is -3.63. The normalized spacial score (nSPS) is 19.0. The van der Waals surface area contributed by atoms with E-state index in [2.05, 4.69) is 15.5 Å². The third-order valence-corrected chi connectivity index (χ3v) is 5.06. The number of urea groups is 1. The van der Waals surface area contributed by atoms with Crippen molar-refractivity contribution < 1.29 is 31.9 Å². The minimum absolute atomic E-state index is 0.0672. The first-order valence-corrected chi connectivity index (χ1v) is 9.21. The summed E-state index contributed by atoms with van der Waals surface area (Å²) in [6.45, 7) is 1.50. The highest BCUT2D eigenvalue weighted by atomic mass is 19.4. The van der Waals surface area contributed by atoms with E-state index in [-0.39, 0.29) is 12.1 Å². The maximum Gasteiger partial charge on any atom is 0.419 e. The van der Waals surface area contributed by atoms with Gasteiger partial charge in [0.15, 0.2) is 0 Å². The van der Waals surface area contributed by atoms with Gasteiger partial charge < -0.3 is 10.1 Å². The zero-order valence-electron chi connectivity index (χ0n) is 16.0. The smallest absolute Gasteiger partial charge is 0.419 e. The van der Waals surface area contributed by atoms with E-state index in [0.29, 0.717) is 12.1 Å². The molecule has 0 radical (unpaired) electrons. The van der Waals surface area contributed by atoms with Gasteiger partial charge in [0.05, 0.1) is 23.3 Å². The summed E-state index contributed by atoms with van der Waals surface area (Å²) in [5.74, 6) is -1.12.